The Labute approximate surface area is 211 Å². The molecule has 36 heavy (non-hydrogen) atoms. The molecule has 4 rings (SSSR count). The molecule has 1 heterocycles. The van der Waals surface area contributed by atoms with Crippen molar-refractivity contribution in [2.75, 3.05) is 38.5 Å². The summed E-state index contributed by atoms with van der Waals surface area (Å²) in [4.78, 5) is 14.8. The average Bonchev–Trinajstić information content (AvgIpc) is 3.37. The van der Waals surface area contributed by atoms with Gasteiger partial charge in [-0.15, -0.1) is 0 Å². The summed E-state index contributed by atoms with van der Waals surface area (Å²) in [5.74, 6) is 2.07. The van der Waals surface area contributed by atoms with E-state index in [1.165, 1.54) is 0 Å². The first-order valence-electron chi connectivity index (χ1n) is 11.6. The van der Waals surface area contributed by atoms with Gasteiger partial charge in [0.1, 0.15) is 17.3 Å². The minimum absolute atomic E-state index is 0.247. The summed E-state index contributed by atoms with van der Waals surface area (Å²) in [6, 6.07) is 25.1. The third-order valence-corrected chi connectivity index (χ3v) is 5.78. The molecule has 0 aliphatic carbocycles. The fourth-order valence-corrected chi connectivity index (χ4v) is 3.75. The van der Waals surface area contributed by atoms with Crippen LogP contribution in [0.4, 0.5) is 11.4 Å². The Kier molecular flexibility index (Phi) is 7.75. The molecule has 1 aromatic heterocycles. The standard InChI is InChI=1S/C30H30N2O4/c1-32(2)25-13-9-22(10-14-25)6-5-21-7-11-24(12-8-21)31-30(33)29-18-16-27(36-29)20-23-19-26(34-3)15-17-28(23)35-4/h5-19H,20H2,1-4H3,(H,31,33)/b6-5+. The maximum atomic E-state index is 12.7. The number of nitrogens with zero attached hydrogens (tertiary/aromatic N) is 1. The summed E-state index contributed by atoms with van der Waals surface area (Å²) in [7, 11) is 7.29. The zero-order valence-electron chi connectivity index (χ0n) is 20.9. The van der Waals surface area contributed by atoms with Crippen molar-refractivity contribution in [3.8, 4) is 11.5 Å². The lowest BCUT2D eigenvalue weighted by Gasteiger charge is -2.11. The Morgan fingerprint density at radius 1 is 0.861 bits per heavy atom. The number of furan rings is 1. The first-order chi connectivity index (χ1) is 17.4. The van der Waals surface area contributed by atoms with Crippen molar-refractivity contribution in [1.82, 2.24) is 0 Å². The van der Waals surface area contributed by atoms with Gasteiger partial charge < -0.3 is 24.1 Å². The van der Waals surface area contributed by atoms with Gasteiger partial charge >= 0.3 is 0 Å². The molecule has 0 unspecified atom stereocenters. The number of methoxy groups -OCH3 is 2. The summed E-state index contributed by atoms with van der Waals surface area (Å²) in [6.07, 6.45) is 4.59. The van der Waals surface area contributed by atoms with E-state index >= 15 is 0 Å². The summed E-state index contributed by atoms with van der Waals surface area (Å²) >= 11 is 0. The van der Waals surface area contributed by atoms with E-state index in [0.717, 1.165) is 33.9 Å². The number of carbonyl (C=O) groups is 1. The van der Waals surface area contributed by atoms with Crippen LogP contribution in [-0.2, 0) is 6.42 Å². The highest BCUT2D eigenvalue weighted by molar-refractivity contribution is 6.02. The van der Waals surface area contributed by atoms with Crippen LogP contribution in [0, 0.1) is 0 Å². The van der Waals surface area contributed by atoms with Crippen molar-refractivity contribution in [3.05, 3.63) is 107 Å². The minimum atomic E-state index is -0.303. The molecule has 6 heteroatoms. The number of rotatable bonds is 9. The van der Waals surface area contributed by atoms with Crippen LogP contribution in [0.25, 0.3) is 12.2 Å². The molecule has 1 amide bonds. The smallest absolute Gasteiger partial charge is 0.291 e. The molecule has 0 aliphatic heterocycles. The van der Waals surface area contributed by atoms with Crippen molar-refractivity contribution in [1.29, 1.82) is 0 Å². The zero-order valence-corrected chi connectivity index (χ0v) is 20.9. The number of benzene rings is 3. The highest BCUT2D eigenvalue weighted by Crippen LogP contribution is 2.27. The predicted octanol–water partition coefficient (Wildman–Crippen LogP) is 6.38. The van der Waals surface area contributed by atoms with Crippen LogP contribution in [0.15, 0.2) is 83.3 Å². The van der Waals surface area contributed by atoms with Gasteiger partial charge in [-0.1, -0.05) is 36.4 Å². The van der Waals surface area contributed by atoms with Gasteiger partial charge in [-0.2, -0.15) is 0 Å². The van der Waals surface area contributed by atoms with Crippen LogP contribution in [0.1, 0.15) is 33.0 Å². The van der Waals surface area contributed by atoms with Gasteiger partial charge in [0.15, 0.2) is 5.76 Å². The number of nitrogens with one attached hydrogen (secondary N) is 1. The summed E-state index contributed by atoms with van der Waals surface area (Å²) in [5.41, 5.74) is 4.93. The first-order valence-corrected chi connectivity index (χ1v) is 11.6. The molecule has 3 aromatic carbocycles. The van der Waals surface area contributed by atoms with E-state index in [-0.39, 0.29) is 11.7 Å². The first kappa shape index (κ1) is 24.7. The van der Waals surface area contributed by atoms with E-state index in [0.29, 0.717) is 17.9 Å². The van der Waals surface area contributed by atoms with E-state index < -0.39 is 0 Å². The van der Waals surface area contributed by atoms with Gasteiger partial charge in [0.25, 0.3) is 5.91 Å². The highest BCUT2D eigenvalue weighted by Gasteiger charge is 2.14. The van der Waals surface area contributed by atoms with E-state index in [1.807, 2.05) is 62.6 Å². The van der Waals surface area contributed by atoms with Gasteiger partial charge in [-0.3, -0.25) is 4.79 Å². The fourth-order valence-electron chi connectivity index (χ4n) is 3.75. The number of anilines is 2. The lowest BCUT2D eigenvalue weighted by molar-refractivity contribution is 0.0995. The topological polar surface area (TPSA) is 63.9 Å². The van der Waals surface area contributed by atoms with Crippen molar-refractivity contribution in [2.45, 2.75) is 6.42 Å². The summed E-state index contributed by atoms with van der Waals surface area (Å²) in [5, 5.41) is 2.89. The van der Waals surface area contributed by atoms with Crippen LogP contribution < -0.4 is 19.7 Å². The number of hydrogen-bond acceptors (Lipinski definition) is 5. The number of hydrogen-bond donors (Lipinski definition) is 1. The van der Waals surface area contributed by atoms with Crippen molar-refractivity contribution in [3.63, 3.8) is 0 Å². The van der Waals surface area contributed by atoms with Crippen molar-refractivity contribution < 1.29 is 18.7 Å². The SMILES string of the molecule is COc1ccc(OC)c(Cc2ccc(C(=O)Nc3ccc(/C=C/c4ccc(N(C)C)cc4)cc3)o2)c1. The Bertz CT molecular complexity index is 1340. The normalized spacial score (nSPS) is 10.9. The molecule has 4 aromatic rings. The van der Waals surface area contributed by atoms with E-state index in [2.05, 4.69) is 40.6 Å². The quantitative estimate of drug-likeness (QED) is 0.281. The Hall–Kier alpha value is -4.45. The summed E-state index contributed by atoms with van der Waals surface area (Å²) in [6.45, 7) is 0. The molecule has 6 nitrogen and oxygen atoms in total. The molecule has 0 saturated carbocycles. The predicted molar refractivity (Wildman–Crippen MR) is 145 cm³/mol. The molecular weight excluding hydrogens is 452 g/mol. The van der Waals surface area contributed by atoms with Crippen molar-refractivity contribution in [2.24, 2.45) is 0 Å². The van der Waals surface area contributed by atoms with Crippen molar-refractivity contribution >= 4 is 29.4 Å². The van der Waals surface area contributed by atoms with Crippen LogP contribution >= 0.6 is 0 Å². The number of carbonyl (C=O) groups excluding carboxylic acids is 1. The molecule has 0 fully saturated rings. The van der Waals surface area contributed by atoms with E-state index in [4.69, 9.17) is 13.9 Å². The molecule has 0 aliphatic rings. The van der Waals surface area contributed by atoms with Crippen LogP contribution in [0.3, 0.4) is 0 Å². The molecule has 0 saturated heterocycles. The second-order valence-electron chi connectivity index (χ2n) is 8.52. The molecule has 0 spiro atoms. The van der Waals surface area contributed by atoms with Gasteiger partial charge in [-0.25, -0.2) is 0 Å². The minimum Gasteiger partial charge on any atom is -0.497 e. The Morgan fingerprint density at radius 3 is 2.14 bits per heavy atom. The fraction of sp³-hybridized carbons (Fsp3) is 0.167. The third kappa shape index (κ3) is 6.16. The van der Waals surface area contributed by atoms with Crippen LogP contribution in [0.5, 0.6) is 11.5 Å². The second-order valence-corrected chi connectivity index (χ2v) is 8.52. The van der Waals surface area contributed by atoms with E-state index in [1.54, 1.807) is 26.4 Å². The monoisotopic (exact) mass is 482 g/mol. The van der Waals surface area contributed by atoms with Gasteiger partial charge in [0, 0.05) is 37.5 Å². The van der Waals surface area contributed by atoms with Gasteiger partial charge in [0.05, 0.1) is 14.2 Å². The molecular formula is C30H30N2O4. The van der Waals surface area contributed by atoms with Gasteiger partial charge in [-0.05, 0) is 65.7 Å². The third-order valence-electron chi connectivity index (χ3n) is 5.78. The van der Waals surface area contributed by atoms with Crippen LogP contribution in [0.2, 0.25) is 0 Å². The molecule has 0 radical (unpaired) electrons. The number of ether oxygens (including phenoxy) is 2. The maximum Gasteiger partial charge on any atom is 0.291 e. The summed E-state index contributed by atoms with van der Waals surface area (Å²) < 4.78 is 16.5. The number of amides is 1. The Morgan fingerprint density at radius 2 is 1.53 bits per heavy atom. The molecule has 1 N–H and O–H groups in total. The lowest BCUT2D eigenvalue weighted by Crippen LogP contribution is -2.10. The maximum absolute atomic E-state index is 12.7. The molecule has 0 atom stereocenters. The largest absolute Gasteiger partial charge is 0.497 e. The van der Waals surface area contributed by atoms with E-state index in [9.17, 15) is 4.79 Å². The lowest BCUT2D eigenvalue weighted by atomic mass is 10.1. The average molecular weight is 483 g/mol. The van der Waals surface area contributed by atoms with Crippen LogP contribution in [-0.4, -0.2) is 34.2 Å². The Balaban J connectivity index is 1.37. The molecule has 0 bridgehead atoms. The molecule has 184 valence electrons. The van der Waals surface area contributed by atoms with Gasteiger partial charge in [0.2, 0.25) is 0 Å². The zero-order chi connectivity index (χ0) is 25.5. The second kappa shape index (κ2) is 11.3. The highest BCUT2D eigenvalue weighted by atomic mass is 16.5.